The van der Waals surface area contributed by atoms with Crippen LogP contribution in [0.25, 0.3) is 0 Å². The SMILES string of the molecule is COc1ccc(CC(=O)OCC(C)=O)cc1. The van der Waals surface area contributed by atoms with Gasteiger partial charge in [-0.3, -0.25) is 9.59 Å². The van der Waals surface area contributed by atoms with Crippen molar-refractivity contribution >= 4 is 11.8 Å². The summed E-state index contributed by atoms with van der Waals surface area (Å²) in [5.41, 5.74) is 0.828. The fourth-order valence-corrected chi connectivity index (χ4v) is 1.14. The second-order valence-electron chi connectivity index (χ2n) is 3.39. The quantitative estimate of drug-likeness (QED) is 0.706. The van der Waals surface area contributed by atoms with E-state index in [1.807, 2.05) is 0 Å². The van der Waals surface area contributed by atoms with Crippen molar-refractivity contribution in [3.05, 3.63) is 29.8 Å². The number of hydrogen-bond donors (Lipinski definition) is 0. The number of Topliss-reactive ketones (excluding diaryl/α,β-unsaturated/α-hetero) is 1. The van der Waals surface area contributed by atoms with Crippen molar-refractivity contribution in [3.8, 4) is 5.75 Å². The molecule has 86 valence electrons. The van der Waals surface area contributed by atoms with Gasteiger partial charge in [0, 0.05) is 0 Å². The van der Waals surface area contributed by atoms with Gasteiger partial charge in [-0.25, -0.2) is 0 Å². The van der Waals surface area contributed by atoms with Crippen molar-refractivity contribution in [2.24, 2.45) is 0 Å². The van der Waals surface area contributed by atoms with Gasteiger partial charge in [-0.05, 0) is 24.6 Å². The molecule has 0 fully saturated rings. The Labute approximate surface area is 94.2 Å². The molecule has 1 rings (SSSR count). The first kappa shape index (κ1) is 12.2. The first-order chi connectivity index (χ1) is 7.61. The molecule has 1 aromatic rings. The van der Waals surface area contributed by atoms with Crippen molar-refractivity contribution in [1.82, 2.24) is 0 Å². The maximum absolute atomic E-state index is 11.3. The van der Waals surface area contributed by atoms with Crippen LogP contribution in [0, 0.1) is 0 Å². The van der Waals surface area contributed by atoms with Crippen LogP contribution in [-0.2, 0) is 20.7 Å². The Bertz CT molecular complexity index is 367. The molecule has 0 saturated carbocycles. The van der Waals surface area contributed by atoms with E-state index in [0.717, 1.165) is 11.3 Å². The third kappa shape index (κ3) is 4.13. The lowest BCUT2D eigenvalue weighted by Crippen LogP contribution is -2.13. The molecule has 4 heteroatoms. The molecule has 0 atom stereocenters. The maximum atomic E-state index is 11.3. The second kappa shape index (κ2) is 5.90. The van der Waals surface area contributed by atoms with E-state index in [-0.39, 0.29) is 18.8 Å². The lowest BCUT2D eigenvalue weighted by molar-refractivity contribution is -0.146. The Hall–Kier alpha value is -1.84. The van der Waals surface area contributed by atoms with Crippen LogP contribution in [0.1, 0.15) is 12.5 Å². The molecule has 0 saturated heterocycles. The number of carbonyl (C=O) groups excluding carboxylic acids is 2. The zero-order chi connectivity index (χ0) is 12.0. The van der Waals surface area contributed by atoms with E-state index < -0.39 is 5.97 Å². The molecule has 0 spiro atoms. The van der Waals surface area contributed by atoms with Gasteiger partial charge in [0.1, 0.15) is 12.4 Å². The number of ketones is 1. The van der Waals surface area contributed by atoms with Gasteiger partial charge in [0.05, 0.1) is 13.5 Å². The molecule has 0 N–H and O–H groups in total. The largest absolute Gasteiger partial charge is 0.497 e. The highest BCUT2D eigenvalue weighted by molar-refractivity contribution is 5.80. The highest BCUT2D eigenvalue weighted by atomic mass is 16.5. The van der Waals surface area contributed by atoms with Crippen LogP contribution in [0.4, 0.5) is 0 Å². The first-order valence-corrected chi connectivity index (χ1v) is 4.90. The molecule has 16 heavy (non-hydrogen) atoms. The number of methoxy groups -OCH3 is 1. The predicted molar refractivity (Wildman–Crippen MR) is 58.3 cm³/mol. The van der Waals surface area contributed by atoms with Crippen LogP contribution in [0.5, 0.6) is 5.75 Å². The average molecular weight is 222 g/mol. The molecule has 0 aliphatic heterocycles. The van der Waals surface area contributed by atoms with Crippen LogP contribution in [-0.4, -0.2) is 25.5 Å². The molecule has 0 aromatic heterocycles. The number of hydrogen-bond acceptors (Lipinski definition) is 4. The Kier molecular flexibility index (Phi) is 4.51. The van der Waals surface area contributed by atoms with Gasteiger partial charge in [-0.15, -0.1) is 0 Å². The maximum Gasteiger partial charge on any atom is 0.310 e. The molecular weight excluding hydrogens is 208 g/mol. The molecule has 0 unspecified atom stereocenters. The number of ether oxygens (including phenoxy) is 2. The van der Waals surface area contributed by atoms with Crippen molar-refractivity contribution in [3.63, 3.8) is 0 Å². The van der Waals surface area contributed by atoms with Crippen LogP contribution >= 0.6 is 0 Å². The van der Waals surface area contributed by atoms with Crippen LogP contribution in [0.2, 0.25) is 0 Å². The molecule has 0 aliphatic rings. The molecule has 0 heterocycles. The molecule has 0 amide bonds. The van der Waals surface area contributed by atoms with Gasteiger partial charge in [0.2, 0.25) is 0 Å². The Morgan fingerprint density at radius 2 is 1.81 bits per heavy atom. The number of benzene rings is 1. The number of carbonyl (C=O) groups is 2. The summed E-state index contributed by atoms with van der Waals surface area (Å²) in [6.07, 6.45) is 0.164. The fraction of sp³-hybridized carbons (Fsp3) is 0.333. The zero-order valence-electron chi connectivity index (χ0n) is 9.36. The summed E-state index contributed by atoms with van der Waals surface area (Å²) in [7, 11) is 1.58. The van der Waals surface area contributed by atoms with E-state index in [1.165, 1.54) is 6.92 Å². The molecule has 0 radical (unpaired) electrons. The monoisotopic (exact) mass is 222 g/mol. The van der Waals surface area contributed by atoms with Crippen molar-refractivity contribution < 1.29 is 19.1 Å². The molecule has 4 nitrogen and oxygen atoms in total. The standard InChI is InChI=1S/C12H14O4/c1-9(13)8-16-12(14)7-10-3-5-11(15-2)6-4-10/h3-6H,7-8H2,1-2H3. The van der Waals surface area contributed by atoms with Gasteiger partial charge in [-0.1, -0.05) is 12.1 Å². The van der Waals surface area contributed by atoms with E-state index in [9.17, 15) is 9.59 Å². The lowest BCUT2D eigenvalue weighted by atomic mass is 10.1. The third-order valence-corrected chi connectivity index (χ3v) is 1.94. The Morgan fingerprint density at radius 1 is 1.19 bits per heavy atom. The van der Waals surface area contributed by atoms with Gasteiger partial charge in [0.15, 0.2) is 5.78 Å². The summed E-state index contributed by atoms with van der Waals surface area (Å²) in [5.74, 6) is 0.171. The van der Waals surface area contributed by atoms with Crippen LogP contribution < -0.4 is 4.74 Å². The minimum Gasteiger partial charge on any atom is -0.497 e. The Morgan fingerprint density at radius 3 is 2.31 bits per heavy atom. The highest BCUT2D eigenvalue weighted by Gasteiger charge is 2.06. The summed E-state index contributed by atoms with van der Waals surface area (Å²) < 4.78 is 9.74. The minimum absolute atomic E-state index is 0.158. The van der Waals surface area contributed by atoms with E-state index in [0.29, 0.717) is 0 Å². The van der Waals surface area contributed by atoms with E-state index in [4.69, 9.17) is 9.47 Å². The third-order valence-electron chi connectivity index (χ3n) is 1.94. The van der Waals surface area contributed by atoms with E-state index in [1.54, 1.807) is 31.4 Å². The topological polar surface area (TPSA) is 52.6 Å². The van der Waals surface area contributed by atoms with E-state index in [2.05, 4.69) is 0 Å². The van der Waals surface area contributed by atoms with Crippen LogP contribution in [0.15, 0.2) is 24.3 Å². The summed E-state index contributed by atoms with van der Waals surface area (Å²) >= 11 is 0. The van der Waals surface area contributed by atoms with Gasteiger partial charge in [-0.2, -0.15) is 0 Å². The molecular formula is C12H14O4. The second-order valence-corrected chi connectivity index (χ2v) is 3.39. The normalized spacial score (nSPS) is 9.62. The fourth-order valence-electron chi connectivity index (χ4n) is 1.14. The summed E-state index contributed by atoms with van der Waals surface area (Å²) in [6.45, 7) is 1.22. The average Bonchev–Trinajstić information content (AvgIpc) is 2.27. The Balaban J connectivity index is 2.46. The molecule has 1 aromatic carbocycles. The van der Waals surface area contributed by atoms with Gasteiger partial charge in [0.25, 0.3) is 0 Å². The first-order valence-electron chi connectivity index (χ1n) is 4.90. The van der Waals surface area contributed by atoms with E-state index >= 15 is 0 Å². The number of esters is 1. The summed E-state index contributed by atoms with van der Waals surface area (Å²) in [6, 6.07) is 7.11. The van der Waals surface area contributed by atoms with Crippen molar-refractivity contribution in [1.29, 1.82) is 0 Å². The lowest BCUT2D eigenvalue weighted by Gasteiger charge is -2.03. The van der Waals surface area contributed by atoms with Gasteiger partial charge >= 0.3 is 5.97 Å². The number of rotatable bonds is 5. The summed E-state index contributed by atoms with van der Waals surface area (Å²) in [4.78, 5) is 21.9. The minimum atomic E-state index is -0.402. The van der Waals surface area contributed by atoms with Gasteiger partial charge < -0.3 is 9.47 Å². The predicted octanol–water partition coefficient (Wildman–Crippen LogP) is 1.37. The van der Waals surface area contributed by atoms with Crippen LogP contribution in [0.3, 0.4) is 0 Å². The smallest absolute Gasteiger partial charge is 0.310 e. The highest BCUT2D eigenvalue weighted by Crippen LogP contribution is 2.11. The molecule has 0 aliphatic carbocycles. The van der Waals surface area contributed by atoms with Crippen molar-refractivity contribution in [2.75, 3.05) is 13.7 Å². The zero-order valence-corrected chi connectivity index (χ0v) is 9.36. The molecule has 0 bridgehead atoms. The summed E-state index contributed by atoms with van der Waals surface area (Å²) in [5, 5.41) is 0. The van der Waals surface area contributed by atoms with Crippen molar-refractivity contribution in [2.45, 2.75) is 13.3 Å².